The quantitative estimate of drug-likeness (QED) is 0.0728. The molecular weight excluding hydrogens is 691 g/mol. The topological polar surface area (TPSA) is 114 Å². The number of rotatable bonds is 15. The minimum Gasteiger partial charge on any atom is -0.508 e. The van der Waals surface area contributed by atoms with Crippen molar-refractivity contribution < 1.29 is 24.2 Å². The molecule has 3 N–H and O–H groups in total. The Morgan fingerprint density at radius 1 is 0.818 bits per heavy atom. The SMILES string of the molecule is CC/C(=C(\c1ccc(O)cc1)c1ccc(OCCN2CCN(CCCCNc3ccc4c(c3)CN(C3CCC(=O)NC3=O)C4=O)CC2)cc1)c1ccccc1. The van der Waals surface area contributed by atoms with Crippen LogP contribution in [0.2, 0.25) is 0 Å². The maximum Gasteiger partial charge on any atom is 0.255 e. The minimum absolute atomic E-state index is 0.145. The summed E-state index contributed by atoms with van der Waals surface area (Å²) in [6.07, 6.45) is 3.65. The van der Waals surface area contributed by atoms with Gasteiger partial charge in [-0.1, -0.05) is 61.5 Å². The van der Waals surface area contributed by atoms with Crippen molar-refractivity contribution >= 4 is 34.6 Å². The molecule has 0 spiro atoms. The van der Waals surface area contributed by atoms with E-state index in [0.29, 0.717) is 25.1 Å². The molecule has 0 aromatic heterocycles. The van der Waals surface area contributed by atoms with Crippen molar-refractivity contribution in [2.24, 2.45) is 0 Å². The number of amides is 3. The number of imide groups is 1. The molecule has 10 heteroatoms. The molecule has 4 aromatic carbocycles. The Balaban J connectivity index is 0.815. The standard InChI is InChI=1S/C45H51N5O5/c1-2-39(32-8-4-3-5-9-32)43(33-10-15-37(51)16-11-33)34-12-17-38(18-13-34)55-29-28-49-26-24-48(25-27-49)23-7-6-22-46-36-14-19-40-35(30-36)31-50(45(40)54)41-20-21-42(52)47-44(41)53/h3-5,8-19,30,41,46,51H,2,6-7,20-29,31H2,1H3,(H,47,52,53)/b43-39-. The fourth-order valence-corrected chi connectivity index (χ4v) is 7.93. The monoisotopic (exact) mass is 741 g/mol. The van der Waals surface area contributed by atoms with E-state index in [1.54, 1.807) is 17.0 Å². The van der Waals surface area contributed by atoms with Crippen LogP contribution in [0.15, 0.2) is 97.1 Å². The van der Waals surface area contributed by atoms with E-state index in [0.717, 1.165) is 98.8 Å². The van der Waals surface area contributed by atoms with Gasteiger partial charge in [0.1, 0.15) is 24.1 Å². The molecule has 3 aliphatic rings. The third kappa shape index (κ3) is 9.27. The number of anilines is 1. The first-order valence-electron chi connectivity index (χ1n) is 19.6. The number of piperidine rings is 1. The number of piperazine rings is 1. The molecule has 3 aliphatic heterocycles. The lowest BCUT2D eigenvalue weighted by atomic mass is 9.88. The number of unbranched alkanes of at least 4 members (excludes halogenated alkanes) is 1. The van der Waals surface area contributed by atoms with E-state index in [9.17, 15) is 19.5 Å². The molecular formula is C45H51N5O5. The van der Waals surface area contributed by atoms with Gasteiger partial charge in [0.2, 0.25) is 11.8 Å². The van der Waals surface area contributed by atoms with Crippen LogP contribution in [0.5, 0.6) is 11.5 Å². The van der Waals surface area contributed by atoms with E-state index in [1.165, 1.54) is 11.1 Å². The number of carbonyl (C=O) groups is 3. The van der Waals surface area contributed by atoms with Crippen molar-refractivity contribution in [1.82, 2.24) is 20.0 Å². The largest absolute Gasteiger partial charge is 0.508 e. The Morgan fingerprint density at radius 2 is 1.51 bits per heavy atom. The third-order valence-electron chi connectivity index (χ3n) is 11.0. The van der Waals surface area contributed by atoms with Crippen molar-refractivity contribution in [3.05, 3.63) is 125 Å². The number of benzene rings is 4. The zero-order valence-corrected chi connectivity index (χ0v) is 31.6. The van der Waals surface area contributed by atoms with Gasteiger partial charge in [-0.2, -0.15) is 0 Å². The number of allylic oxidation sites excluding steroid dienone is 1. The second-order valence-electron chi connectivity index (χ2n) is 14.6. The molecule has 55 heavy (non-hydrogen) atoms. The number of nitrogens with zero attached hydrogens (tertiary/aromatic N) is 3. The van der Waals surface area contributed by atoms with E-state index >= 15 is 0 Å². The van der Waals surface area contributed by atoms with Gasteiger partial charge in [0.05, 0.1) is 0 Å². The number of phenols is 1. The zero-order chi connectivity index (χ0) is 38.1. The van der Waals surface area contributed by atoms with Crippen molar-refractivity contribution in [3.63, 3.8) is 0 Å². The van der Waals surface area contributed by atoms with E-state index in [2.05, 4.69) is 75.9 Å². The minimum atomic E-state index is -0.594. The average molecular weight is 742 g/mol. The number of aromatic hydroxyl groups is 1. The van der Waals surface area contributed by atoms with Gasteiger partial charge in [-0.05, 0) is 108 Å². The summed E-state index contributed by atoms with van der Waals surface area (Å²) in [4.78, 5) is 43.5. The summed E-state index contributed by atoms with van der Waals surface area (Å²) in [7, 11) is 0. The molecule has 4 aromatic rings. The van der Waals surface area contributed by atoms with Crippen molar-refractivity contribution in [2.45, 2.75) is 51.6 Å². The summed E-state index contributed by atoms with van der Waals surface area (Å²) in [6.45, 7) is 10.2. The normalized spacial score (nSPS) is 18.2. The van der Waals surface area contributed by atoms with Gasteiger partial charge in [0.25, 0.3) is 5.91 Å². The van der Waals surface area contributed by atoms with Crippen LogP contribution >= 0.6 is 0 Å². The predicted octanol–water partition coefficient (Wildman–Crippen LogP) is 6.41. The van der Waals surface area contributed by atoms with Crippen molar-refractivity contribution in [2.75, 3.05) is 57.7 Å². The number of hydrogen-bond acceptors (Lipinski definition) is 8. The summed E-state index contributed by atoms with van der Waals surface area (Å²) in [6, 6.07) is 31.5. The highest BCUT2D eigenvalue weighted by molar-refractivity contribution is 6.05. The fourth-order valence-electron chi connectivity index (χ4n) is 7.93. The van der Waals surface area contributed by atoms with Gasteiger partial charge < -0.3 is 25.0 Å². The van der Waals surface area contributed by atoms with Gasteiger partial charge in [-0.3, -0.25) is 24.6 Å². The third-order valence-corrected chi connectivity index (χ3v) is 11.0. The number of fused-ring (bicyclic) bond motifs is 1. The summed E-state index contributed by atoms with van der Waals surface area (Å²) >= 11 is 0. The molecule has 0 saturated carbocycles. The Hall–Kier alpha value is -5.45. The van der Waals surface area contributed by atoms with Crippen LogP contribution in [0, 0.1) is 0 Å². The molecule has 10 nitrogen and oxygen atoms in total. The number of phenolic OH excluding ortho intramolecular Hbond substituents is 1. The van der Waals surface area contributed by atoms with Gasteiger partial charge in [-0.25, -0.2) is 0 Å². The van der Waals surface area contributed by atoms with Crippen LogP contribution in [0.25, 0.3) is 11.1 Å². The van der Waals surface area contributed by atoms with Crippen LogP contribution in [-0.4, -0.2) is 96.0 Å². The molecule has 3 amide bonds. The predicted molar refractivity (Wildman–Crippen MR) is 216 cm³/mol. The molecule has 7 rings (SSSR count). The number of nitrogens with one attached hydrogen (secondary N) is 2. The van der Waals surface area contributed by atoms with E-state index in [-0.39, 0.29) is 29.9 Å². The molecule has 3 heterocycles. The Kier molecular flexibility index (Phi) is 12.2. The highest BCUT2D eigenvalue weighted by atomic mass is 16.5. The summed E-state index contributed by atoms with van der Waals surface area (Å²) < 4.78 is 6.20. The summed E-state index contributed by atoms with van der Waals surface area (Å²) in [5.41, 5.74) is 8.33. The lowest BCUT2D eigenvalue weighted by Gasteiger charge is -2.34. The number of ether oxygens (including phenoxy) is 1. The molecule has 0 aliphatic carbocycles. The van der Waals surface area contributed by atoms with Gasteiger partial charge in [0.15, 0.2) is 0 Å². The van der Waals surface area contributed by atoms with Crippen molar-refractivity contribution in [3.8, 4) is 11.5 Å². The molecule has 0 bridgehead atoms. The van der Waals surface area contributed by atoms with Crippen LogP contribution in [0.3, 0.4) is 0 Å². The second-order valence-corrected chi connectivity index (χ2v) is 14.6. The maximum atomic E-state index is 13.0. The van der Waals surface area contributed by atoms with Crippen LogP contribution in [0.1, 0.15) is 71.6 Å². The lowest BCUT2D eigenvalue weighted by Crippen LogP contribution is -2.52. The molecule has 2 saturated heterocycles. The van der Waals surface area contributed by atoms with Gasteiger partial charge in [0, 0.05) is 63.5 Å². The average Bonchev–Trinajstić information content (AvgIpc) is 3.53. The second kappa shape index (κ2) is 17.8. The van der Waals surface area contributed by atoms with Crippen LogP contribution in [-0.2, 0) is 16.1 Å². The van der Waals surface area contributed by atoms with E-state index in [1.807, 2.05) is 36.4 Å². The maximum absolute atomic E-state index is 13.0. The fraction of sp³-hybridized carbons (Fsp3) is 0.356. The first-order valence-corrected chi connectivity index (χ1v) is 19.6. The van der Waals surface area contributed by atoms with E-state index in [4.69, 9.17) is 4.74 Å². The molecule has 0 radical (unpaired) electrons. The Labute approximate surface area is 323 Å². The number of hydrogen-bond donors (Lipinski definition) is 3. The van der Waals surface area contributed by atoms with Crippen LogP contribution < -0.4 is 15.4 Å². The summed E-state index contributed by atoms with van der Waals surface area (Å²) in [5.74, 6) is 0.314. The van der Waals surface area contributed by atoms with Crippen molar-refractivity contribution in [1.29, 1.82) is 0 Å². The van der Waals surface area contributed by atoms with Gasteiger partial charge in [-0.15, -0.1) is 0 Å². The van der Waals surface area contributed by atoms with Crippen LogP contribution in [0.4, 0.5) is 5.69 Å². The first-order chi connectivity index (χ1) is 26.9. The van der Waals surface area contributed by atoms with Gasteiger partial charge >= 0.3 is 0 Å². The molecule has 1 atom stereocenters. The Morgan fingerprint density at radius 3 is 2.20 bits per heavy atom. The molecule has 1 unspecified atom stereocenters. The lowest BCUT2D eigenvalue weighted by molar-refractivity contribution is -0.136. The first kappa shape index (κ1) is 37.8. The molecule has 286 valence electrons. The summed E-state index contributed by atoms with van der Waals surface area (Å²) in [5, 5.41) is 15.8. The van der Waals surface area contributed by atoms with E-state index < -0.39 is 6.04 Å². The Bertz CT molecular complexity index is 1990. The zero-order valence-electron chi connectivity index (χ0n) is 31.6. The highest BCUT2D eigenvalue weighted by Crippen LogP contribution is 2.36. The smallest absolute Gasteiger partial charge is 0.255 e. The molecule has 2 fully saturated rings. The highest BCUT2D eigenvalue weighted by Gasteiger charge is 2.39. The number of carbonyl (C=O) groups excluding carboxylic acids is 3.